The van der Waals surface area contributed by atoms with Gasteiger partial charge in [-0.15, -0.1) is 0 Å². The minimum atomic E-state index is 0.260. The summed E-state index contributed by atoms with van der Waals surface area (Å²) in [5.41, 5.74) is 4.79. The Bertz CT molecular complexity index is 326. The minimum Gasteiger partial charge on any atom is -0.0952 e. The fourth-order valence-corrected chi connectivity index (χ4v) is 3.19. The van der Waals surface area contributed by atoms with Crippen LogP contribution in [0.3, 0.4) is 0 Å². The molecule has 1 aliphatic rings. The average Bonchev–Trinajstić information content (AvgIpc) is 2.68. The first kappa shape index (κ1) is 14.3. The average molecular weight is 232 g/mol. The molecule has 0 spiro atoms. The van der Waals surface area contributed by atoms with E-state index >= 15 is 0 Å². The van der Waals surface area contributed by atoms with Crippen LogP contribution in [0.15, 0.2) is 35.5 Å². The van der Waals surface area contributed by atoms with Crippen LogP contribution >= 0.6 is 0 Å². The molecule has 0 aromatic heterocycles. The molecule has 0 aromatic carbocycles. The third-order valence-corrected chi connectivity index (χ3v) is 3.82. The Kier molecular flexibility index (Phi) is 4.80. The topological polar surface area (TPSA) is 0 Å². The molecule has 1 unspecified atom stereocenters. The van der Waals surface area contributed by atoms with Crippen molar-refractivity contribution in [1.29, 1.82) is 0 Å². The lowest BCUT2D eigenvalue weighted by Gasteiger charge is -2.33. The summed E-state index contributed by atoms with van der Waals surface area (Å²) in [5, 5.41) is 0. The number of rotatable bonds is 3. The summed E-state index contributed by atoms with van der Waals surface area (Å²) < 4.78 is 0. The summed E-state index contributed by atoms with van der Waals surface area (Å²) in [4.78, 5) is 0. The molecule has 0 radical (unpaired) electrons. The van der Waals surface area contributed by atoms with Gasteiger partial charge in [-0.1, -0.05) is 50.6 Å². The molecule has 0 bridgehead atoms. The Labute approximate surface area is 108 Å². The van der Waals surface area contributed by atoms with Crippen molar-refractivity contribution in [1.82, 2.24) is 0 Å². The third-order valence-electron chi connectivity index (χ3n) is 3.82. The summed E-state index contributed by atoms with van der Waals surface area (Å²) in [5.74, 6) is 0.492. The summed E-state index contributed by atoms with van der Waals surface area (Å²) in [6.07, 6.45) is 9.64. The maximum absolute atomic E-state index is 4.28. The molecule has 0 saturated heterocycles. The first-order valence-electron chi connectivity index (χ1n) is 6.88. The quantitative estimate of drug-likeness (QED) is 0.434. The Morgan fingerprint density at radius 1 is 1.24 bits per heavy atom. The summed E-state index contributed by atoms with van der Waals surface area (Å²) >= 11 is 0. The van der Waals surface area contributed by atoms with Crippen LogP contribution in [0, 0.1) is 11.3 Å². The molecule has 0 heteroatoms. The number of hydrogen-bond acceptors (Lipinski definition) is 0. The van der Waals surface area contributed by atoms with Crippen molar-refractivity contribution in [2.45, 2.75) is 60.3 Å². The van der Waals surface area contributed by atoms with E-state index in [1.807, 2.05) is 0 Å². The van der Waals surface area contributed by atoms with Gasteiger partial charge in [0.2, 0.25) is 0 Å². The summed E-state index contributed by atoms with van der Waals surface area (Å²) in [6, 6.07) is 0. The summed E-state index contributed by atoms with van der Waals surface area (Å²) in [7, 11) is 0. The van der Waals surface area contributed by atoms with Crippen LogP contribution in [0.4, 0.5) is 0 Å². The predicted octanol–water partition coefficient (Wildman–Crippen LogP) is 5.67. The number of allylic oxidation sites excluding steroid dienone is 5. The Balaban J connectivity index is 3.06. The van der Waals surface area contributed by atoms with E-state index in [2.05, 4.69) is 53.3 Å². The van der Waals surface area contributed by atoms with E-state index in [0.717, 1.165) is 0 Å². The molecule has 0 N–H and O–H groups in total. The zero-order valence-electron chi connectivity index (χ0n) is 12.3. The van der Waals surface area contributed by atoms with Gasteiger partial charge in [0.25, 0.3) is 0 Å². The molecule has 1 saturated carbocycles. The predicted molar refractivity (Wildman–Crippen MR) is 78.1 cm³/mol. The zero-order valence-corrected chi connectivity index (χ0v) is 12.3. The van der Waals surface area contributed by atoms with Gasteiger partial charge in [-0.2, -0.15) is 0 Å². The molecular formula is C17H28. The molecule has 1 atom stereocenters. The van der Waals surface area contributed by atoms with E-state index in [9.17, 15) is 0 Å². The molecule has 0 aromatic rings. The van der Waals surface area contributed by atoms with Crippen molar-refractivity contribution in [2.24, 2.45) is 11.3 Å². The Hall–Kier alpha value is -0.780. The van der Waals surface area contributed by atoms with Crippen molar-refractivity contribution < 1.29 is 0 Å². The maximum Gasteiger partial charge on any atom is 0.00906 e. The van der Waals surface area contributed by atoms with E-state index in [1.54, 1.807) is 11.1 Å². The smallest absolute Gasteiger partial charge is 0.00906 e. The van der Waals surface area contributed by atoms with Crippen LogP contribution in [0.1, 0.15) is 60.3 Å². The van der Waals surface area contributed by atoms with Crippen molar-refractivity contribution in [3.63, 3.8) is 0 Å². The van der Waals surface area contributed by atoms with Crippen molar-refractivity contribution in [3.05, 3.63) is 35.5 Å². The van der Waals surface area contributed by atoms with E-state index in [4.69, 9.17) is 0 Å². The molecule has 17 heavy (non-hydrogen) atoms. The molecule has 1 fully saturated rings. The van der Waals surface area contributed by atoms with E-state index < -0.39 is 0 Å². The summed E-state index contributed by atoms with van der Waals surface area (Å²) in [6.45, 7) is 15.7. The van der Waals surface area contributed by atoms with Gasteiger partial charge in [-0.25, -0.2) is 0 Å². The molecule has 0 nitrogen and oxygen atoms in total. The maximum atomic E-state index is 4.28. The lowest BCUT2D eigenvalue weighted by Crippen LogP contribution is -2.23. The first-order valence-corrected chi connectivity index (χ1v) is 6.88. The van der Waals surface area contributed by atoms with Crippen molar-refractivity contribution in [2.75, 3.05) is 0 Å². The molecule has 0 aliphatic heterocycles. The van der Waals surface area contributed by atoms with Crippen LogP contribution in [0.2, 0.25) is 0 Å². The fourth-order valence-electron chi connectivity index (χ4n) is 3.19. The second-order valence-electron chi connectivity index (χ2n) is 6.37. The van der Waals surface area contributed by atoms with E-state index in [-0.39, 0.29) is 5.41 Å². The van der Waals surface area contributed by atoms with Crippen molar-refractivity contribution >= 4 is 0 Å². The van der Waals surface area contributed by atoms with Gasteiger partial charge < -0.3 is 0 Å². The standard InChI is InChI=1S/C17H28/c1-7-10-13(2)16(17(4,5)6)14(3)15-11-8-9-12-15/h7,10,16H,2,8-9,11-12H2,1,3-6H3. The highest BCUT2D eigenvalue weighted by molar-refractivity contribution is 5.32. The van der Waals surface area contributed by atoms with Crippen LogP contribution in [-0.4, -0.2) is 0 Å². The first-order chi connectivity index (χ1) is 7.88. The molecule has 0 heterocycles. The fraction of sp³-hybridized carbons (Fsp3) is 0.647. The third kappa shape index (κ3) is 3.59. The molecular weight excluding hydrogens is 204 g/mol. The molecule has 96 valence electrons. The van der Waals surface area contributed by atoms with Gasteiger partial charge in [0, 0.05) is 5.92 Å². The SMILES string of the molecule is C=C(C=CC)C(C(C)=C1CCCC1)C(C)(C)C. The molecule has 1 aliphatic carbocycles. The van der Waals surface area contributed by atoms with Gasteiger partial charge in [-0.3, -0.25) is 0 Å². The molecule has 0 amide bonds. The van der Waals surface area contributed by atoms with Crippen LogP contribution in [-0.2, 0) is 0 Å². The number of hydrogen-bond donors (Lipinski definition) is 0. The molecule has 1 rings (SSSR count). The van der Waals surface area contributed by atoms with E-state index in [0.29, 0.717) is 5.92 Å². The lowest BCUT2D eigenvalue weighted by molar-refractivity contribution is 0.319. The minimum absolute atomic E-state index is 0.260. The second-order valence-corrected chi connectivity index (χ2v) is 6.37. The Morgan fingerprint density at radius 2 is 1.76 bits per heavy atom. The van der Waals surface area contributed by atoms with Gasteiger partial charge in [-0.05, 0) is 50.5 Å². The highest BCUT2D eigenvalue weighted by atomic mass is 14.3. The lowest BCUT2D eigenvalue weighted by atomic mass is 9.71. The highest BCUT2D eigenvalue weighted by Gasteiger charge is 2.29. The van der Waals surface area contributed by atoms with E-state index in [1.165, 1.54) is 31.3 Å². The van der Waals surface area contributed by atoms with Gasteiger partial charge >= 0.3 is 0 Å². The van der Waals surface area contributed by atoms with Crippen LogP contribution in [0.5, 0.6) is 0 Å². The monoisotopic (exact) mass is 232 g/mol. The van der Waals surface area contributed by atoms with Crippen LogP contribution in [0.25, 0.3) is 0 Å². The Morgan fingerprint density at radius 3 is 2.18 bits per heavy atom. The van der Waals surface area contributed by atoms with Gasteiger partial charge in [0.15, 0.2) is 0 Å². The zero-order chi connectivity index (χ0) is 13.1. The largest absolute Gasteiger partial charge is 0.0952 e. The highest BCUT2D eigenvalue weighted by Crippen LogP contribution is 2.41. The van der Waals surface area contributed by atoms with Crippen LogP contribution < -0.4 is 0 Å². The van der Waals surface area contributed by atoms with Gasteiger partial charge in [0.05, 0.1) is 0 Å². The van der Waals surface area contributed by atoms with Crippen molar-refractivity contribution in [3.8, 4) is 0 Å². The normalized spacial score (nSPS) is 18.8. The second kappa shape index (κ2) is 5.71. The van der Waals surface area contributed by atoms with Gasteiger partial charge in [0.1, 0.15) is 0 Å².